The maximum atomic E-state index is 14.9. The van der Waals surface area contributed by atoms with Gasteiger partial charge in [-0.2, -0.15) is 0 Å². The molecule has 2 amide bonds. The maximum absolute atomic E-state index is 14.9. The molecule has 0 N–H and O–H groups in total. The number of benzene rings is 3. The van der Waals surface area contributed by atoms with Crippen LogP contribution in [0.3, 0.4) is 0 Å². The number of piperidine rings is 1. The Labute approximate surface area is 273 Å². The van der Waals surface area contributed by atoms with Crippen molar-refractivity contribution in [3.63, 3.8) is 0 Å². The second-order valence-corrected chi connectivity index (χ2v) is 13.8. The van der Waals surface area contributed by atoms with Crippen molar-refractivity contribution >= 4 is 22.9 Å². The van der Waals surface area contributed by atoms with Crippen molar-refractivity contribution < 1.29 is 19.1 Å². The van der Waals surface area contributed by atoms with Crippen LogP contribution in [-0.2, 0) is 27.4 Å². The quantitative estimate of drug-likeness (QED) is 0.169. The third-order valence-electron chi connectivity index (χ3n) is 9.23. The van der Waals surface area contributed by atoms with Crippen molar-refractivity contribution in [2.75, 3.05) is 26.8 Å². The smallest absolute Gasteiger partial charge is 0.410 e. The van der Waals surface area contributed by atoms with Crippen LogP contribution in [0.4, 0.5) is 4.79 Å². The van der Waals surface area contributed by atoms with E-state index in [9.17, 15) is 9.59 Å². The lowest BCUT2D eigenvalue weighted by molar-refractivity contribution is -0.139. The summed E-state index contributed by atoms with van der Waals surface area (Å²) in [6.45, 7) is 8.67. The first-order valence-corrected chi connectivity index (χ1v) is 16.7. The van der Waals surface area contributed by atoms with Gasteiger partial charge in [0.25, 0.3) is 0 Å². The van der Waals surface area contributed by atoms with E-state index in [2.05, 4.69) is 88.5 Å². The van der Waals surface area contributed by atoms with Crippen molar-refractivity contribution in [3.8, 4) is 11.1 Å². The van der Waals surface area contributed by atoms with E-state index in [1.54, 1.807) is 12.0 Å². The summed E-state index contributed by atoms with van der Waals surface area (Å²) < 4.78 is 13.4. The number of aryl methyl sites for hydroxylation is 1. The molecule has 46 heavy (non-hydrogen) atoms. The SMILES string of the molecule is COCCCn1cc(CN(C(=O)[C@H]2CN(C(=O)OC(C)(C)C)CC[C@@H]2c2cccc(-c3ccccc3)c2)C2CC2)c2ccccc21. The summed E-state index contributed by atoms with van der Waals surface area (Å²) in [5.74, 6) is -0.253. The van der Waals surface area contributed by atoms with E-state index in [-0.39, 0.29) is 29.9 Å². The Kier molecular flexibility index (Phi) is 9.50. The highest BCUT2D eigenvalue weighted by Gasteiger charge is 2.43. The zero-order valence-corrected chi connectivity index (χ0v) is 27.7. The summed E-state index contributed by atoms with van der Waals surface area (Å²) in [5, 5.41) is 1.18. The molecular weight excluding hydrogens is 574 g/mol. The molecule has 1 aliphatic heterocycles. The minimum absolute atomic E-state index is 0.00788. The Morgan fingerprint density at radius 2 is 1.65 bits per heavy atom. The average Bonchev–Trinajstić information content (AvgIpc) is 3.85. The first-order chi connectivity index (χ1) is 22.2. The Morgan fingerprint density at radius 3 is 2.39 bits per heavy atom. The van der Waals surface area contributed by atoms with Crippen molar-refractivity contribution in [1.82, 2.24) is 14.4 Å². The molecule has 1 saturated heterocycles. The largest absolute Gasteiger partial charge is 0.444 e. The lowest BCUT2D eigenvalue weighted by Crippen LogP contribution is -2.51. The molecule has 242 valence electrons. The van der Waals surface area contributed by atoms with Crippen LogP contribution in [0.25, 0.3) is 22.0 Å². The molecule has 1 aliphatic carbocycles. The number of carbonyl (C=O) groups excluding carboxylic acids is 2. The fourth-order valence-corrected chi connectivity index (χ4v) is 6.86. The van der Waals surface area contributed by atoms with Crippen LogP contribution < -0.4 is 0 Å². The predicted octanol–water partition coefficient (Wildman–Crippen LogP) is 7.88. The second kappa shape index (κ2) is 13.7. The van der Waals surface area contributed by atoms with Crippen LogP contribution in [0, 0.1) is 5.92 Å². The molecule has 2 aliphatic rings. The van der Waals surface area contributed by atoms with Gasteiger partial charge in [-0.1, -0.05) is 72.8 Å². The van der Waals surface area contributed by atoms with Gasteiger partial charge in [-0.3, -0.25) is 4.79 Å². The number of hydrogen-bond acceptors (Lipinski definition) is 4. The molecule has 3 aromatic carbocycles. The normalized spacial score (nSPS) is 18.5. The van der Waals surface area contributed by atoms with Gasteiger partial charge in [0.05, 0.1) is 5.92 Å². The number of hydrogen-bond donors (Lipinski definition) is 0. The van der Waals surface area contributed by atoms with Gasteiger partial charge in [-0.05, 0) is 80.7 Å². The van der Waals surface area contributed by atoms with Crippen LogP contribution in [0.2, 0.25) is 0 Å². The van der Waals surface area contributed by atoms with E-state index < -0.39 is 5.60 Å². The summed E-state index contributed by atoms with van der Waals surface area (Å²) in [6, 6.07) is 27.7. The van der Waals surface area contributed by atoms with Crippen molar-refractivity contribution in [3.05, 3.63) is 96.2 Å². The number of likely N-dealkylation sites (tertiary alicyclic amines) is 1. The number of nitrogens with zero attached hydrogens (tertiary/aromatic N) is 3. The minimum atomic E-state index is -0.602. The van der Waals surface area contributed by atoms with Crippen LogP contribution in [0.15, 0.2) is 85.1 Å². The summed E-state index contributed by atoms with van der Waals surface area (Å²) in [5.41, 5.74) is 5.18. The zero-order chi connectivity index (χ0) is 32.3. The van der Waals surface area contributed by atoms with Gasteiger partial charge in [-0.15, -0.1) is 0 Å². The van der Waals surface area contributed by atoms with E-state index in [4.69, 9.17) is 9.47 Å². The molecule has 7 nitrogen and oxygen atoms in total. The van der Waals surface area contributed by atoms with E-state index in [1.807, 2.05) is 26.8 Å². The molecule has 2 atom stereocenters. The van der Waals surface area contributed by atoms with Gasteiger partial charge in [0, 0.05) is 63.0 Å². The first-order valence-electron chi connectivity index (χ1n) is 16.7. The molecule has 0 spiro atoms. The monoisotopic (exact) mass is 621 g/mol. The maximum Gasteiger partial charge on any atom is 0.410 e. The van der Waals surface area contributed by atoms with E-state index in [1.165, 1.54) is 10.9 Å². The Bertz CT molecular complexity index is 1650. The van der Waals surface area contributed by atoms with Gasteiger partial charge in [0.2, 0.25) is 5.91 Å². The highest BCUT2D eigenvalue weighted by atomic mass is 16.6. The third kappa shape index (κ3) is 7.31. The lowest BCUT2D eigenvalue weighted by Gasteiger charge is -2.40. The fraction of sp³-hybridized carbons (Fsp3) is 0.436. The lowest BCUT2D eigenvalue weighted by atomic mass is 9.79. The average molecular weight is 622 g/mol. The van der Waals surface area contributed by atoms with Gasteiger partial charge < -0.3 is 23.8 Å². The standard InChI is InChI=1S/C39H47N3O4/c1-39(2,3)46-38(44)41-22-20-33(30-15-10-14-29(24-30)28-12-6-5-7-13-28)35(27-41)37(43)42(32-18-19-32)26-31-25-40(21-11-23-45-4)36-17-9-8-16-34(31)36/h5-10,12-17,24-25,32-33,35H,11,18-23,26-27H2,1-4H3/t33-,35+/m1/s1. The van der Waals surface area contributed by atoms with Gasteiger partial charge in [0.15, 0.2) is 0 Å². The molecule has 0 radical (unpaired) electrons. The van der Waals surface area contributed by atoms with E-state index in [0.29, 0.717) is 32.7 Å². The summed E-state index contributed by atoms with van der Waals surface area (Å²) in [7, 11) is 1.73. The highest BCUT2D eigenvalue weighted by Crippen LogP contribution is 2.40. The Hall–Kier alpha value is -4.10. The topological polar surface area (TPSA) is 64.0 Å². The number of carbonyl (C=O) groups is 2. The van der Waals surface area contributed by atoms with Gasteiger partial charge in [-0.25, -0.2) is 4.79 Å². The molecule has 0 bridgehead atoms. The number of para-hydroxylation sites is 1. The van der Waals surface area contributed by atoms with Crippen LogP contribution >= 0.6 is 0 Å². The van der Waals surface area contributed by atoms with E-state index in [0.717, 1.165) is 48.1 Å². The predicted molar refractivity (Wildman–Crippen MR) is 183 cm³/mol. The van der Waals surface area contributed by atoms with Crippen molar-refractivity contribution in [2.45, 2.75) is 77.1 Å². The molecule has 6 rings (SSSR count). The molecule has 1 saturated carbocycles. The second-order valence-electron chi connectivity index (χ2n) is 13.8. The number of ether oxygens (including phenoxy) is 2. The number of aromatic nitrogens is 1. The summed E-state index contributed by atoms with van der Waals surface area (Å²) in [6.07, 6.45) is 5.51. The first kappa shape index (κ1) is 31.9. The Balaban J connectivity index is 1.32. The molecular formula is C39H47N3O4. The molecule has 7 heteroatoms. The van der Waals surface area contributed by atoms with Crippen molar-refractivity contribution in [2.24, 2.45) is 5.92 Å². The van der Waals surface area contributed by atoms with Crippen LogP contribution in [-0.4, -0.2) is 64.8 Å². The highest BCUT2D eigenvalue weighted by molar-refractivity contribution is 5.86. The van der Waals surface area contributed by atoms with E-state index >= 15 is 0 Å². The van der Waals surface area contributed by atoms with Gasteiger partial charge in [0.1, 0.15) is 5.60 Å². The minimum Gasteiger partial charge on any atom is -0.444 e. The van der Waals surface area contributed by atoms with Gasteiger partial charge >= 0.3 is 6.09 Å². The third-order valence-corrected chi connectivity index (χ3v) is 9.23. The number of fused-ring (bicyclic) bond motifs is 1. The molecule has 1 aromatic heterocycles. The molecule has 4 aromatic rings. The number of methoxy groups -OCH3 is 1. The summed E-state index contributed by atoms with van der Waals surface area (Å²) in [4.78, 5) is 32.0. The van der Waals surface area contributed by atoms with Crippen LogP contribution in [0.1, 0.15) is 63.5 Å². The molecule has 2 fully saturated rings. The number of amides is 2. The molecule has 2 heterocycles. The summed E-state index contributed by atoms with van der Waals surface area (Å²) >= 11 is 0. The number of rotatable bonds is 10. The van der Waals surface area contributed by atoms with Crippen LogP contribution in [0.5, 0.6) is 0 Å². The molecule has 0 unspecified atom stereocenters. The Morgan fingerprint density at radius 1 is 0.913 bits per heavy atom. The fourth-order valence-electron chi connectivity index (χ4n) is 6.86. The zero-order valence-electron chi connectivity index (χ0n) is 27.7. The van der Waals surface area contributed by atoms with Crippen molar-refractivity contribution in [1.29, 1.82) is 0 Å².